The highest BCUT2D eigenvalue weighted by molar-refractivity contribution is 6.39. The minimum Gasteiger partial charge on any atom is -0.317 e. The Balaban J connectivity index is 1.74. The quantitative estimate of drug-likeness (QED) is 0.545. The van der Waals surface area contributed by atoms with Gasteiger partial charge in [0.1, 0.15) is 5.57 Å². The van der Waals surface area contributed by atoms with Crippen LogP contribution in [-0.4, -0.2) is 22.4 Å². The lowest BCUT2D eigenvalue weighted by molar-refractivity contribution is -0.122. The van der Waals surface area contributed by atoms with E-state index in [9.17, 15) is 14.4 Å². The van der Waals surface area contributed by atoms with Gasteiger partial charge < -0.3 is 4.57 Å². The van der Waals surface area contributed by atoms with Crippen LogP contribution in [0.4, 0.5) is 10.5 Å². The van der Waals surface area contributed by atoms with Crippen LogP contribution in [0.1, 0.15) is 5.69 Å². The van der Waals surface area contributed by atoms with Crippen molar-refractivity contribution in [2.24, 2.45) is 0 Å². The fourth-order valence-electron chi connectivity index (χ4n) is 2.97. The fraction of sp³-hybridized carbons (Fsp3) is 0. The molecule has 0 spiro atoms. The third-order valence-corrected chi connectivity index (χ3v) is 4.55. The standard InChI is InChI=1S/C21H14ClN3O3/c22-14-8-10-16(11-9-14)25-20(27)18(19(26)23-21(25)28)13-17-7-4-12-24(17)15-5-2-1-3-6-15/h1-13H,(H,23,26,28). The molecule has 1 N–H and O–H groups in total. The average molecular weight is 392 g/mol. The van der Waals surface area contributed by atoms with Crippen LogP contribution < -0.4 is 10.2 Å². The molecule has 2 aromatic carbocycles. The number of barbiturate groups is 1. The number of nitrogens with one attached hydrogen (secondary N) is 1. The number of imide groups is 2. The summed E-state index contributed by atoms with van der Waals surface area (Å²) in [5.41, 5.74) is 1.71. The van der Waals surface area contributed by atoms with Gasteiger partial charge in [0.25, 0.3) is 11.8 Å². The summed E-state index contributed by atoms with van der Waals surface area (Å²) < 4.78 is 1.84. The topological polar surface area (TPSA) is 71.4 Å². The van der Waals surface area contributed by atoms with E-state index in [4.69, 9.17) is 11.6 Å². The van der Waals surface area contributed by atoms with E-state index in [0.717, 1.165) is 10.6 Å². The molecule has 1 fully saturated rings. The second-order valence-corrected chi connectivity index (χ2v) is 6.51. The Kier molecular flexibility index (Phi) is 4.55. The summed E-state index contributed by atoms with van der Waals surface area (Å²) in [6.07, 6.45) is 3.30. The summed E-state index contributed by atoms with van der Waals surface area (Å²) in [6.45, 7) is 0. The molecular weight excluding hydrogens is 378 g/mol. The SMILES string of the molecule is O=C1NC(=O)N(c2ccc(Cl)cc2)C(=O)C1=Cc1cccn1-c1ccccc1. The molecule has 7 heteroatoms. The van der Waals surface area contributed by atoms with Crippen molar-refractivity contribution < 1.29 is 14.4 Å². The number of halogens is 1. The van der Waals surface area contributed by atoms with Gasteiger partial charge in [-0.1, -0.05) is 29.8 Å². The average Bonchev–Trinajstić information content (AvgIpc) is 3.15. The maximum Gasteiger partial charge on any atom is 0.335 e. The fourth-order valence-corrected chi connectivity index (χ4v) is 3.09. The largest absolute Gasteiger partial charge is 0.335 e. The Labute approximate surface area is 165 Å². The Morgan fingerprint density at radius 3 is 2.25 bits per heavy atom. The van der Waals surface area contributed by atoms with Gasteiger partial charge in [0.2, 0.25) is 0 Å². The monoisotopic (exact) mass is 391 g/mol. The molecule has 0 bridgehead atoms. The number of urea groups is 1. The summed E-state index contributed by atoms with van der Waals surface area (Å²) in [7, 11) is 0. The minimum absolute atomic E-state index is 0.134. The molecule has 6 nitrogen and oxygen atoms in total. The second-order valence-electron chi connectivity index (χ2n) is 6.07. The third-order valence-electron chi connectivity index (χ3n) is 4.29. The zero-order chi connectivity index (χ0) is 19.7. The summed E-state index contributed by atoms with van der Waals surface area (Å²) in [5, 5.41) is 2.68. The van der Waals surface area contributed by atoms with Crippen LogP contribution in [0.2, 0.25) is 5.02 Å². The highest BCUT2D eigenvalue weighted by Gasteiger charge is 2.36. The Morgan fingerprint density at radius 1 is 0.821 bits per heavy atom. The number of carbonyl (C=O) groups excluding carboxylic acids is 3. The number of benzene rings is 2. The summed E-state index contributed by atoms with van der Waals surface area (Å²) >= 11 is 5.87. The molecule has 4 amide bonds. The molecule has 28 heavy (non-hydrogen) atoms. The molecule has 3 aromatic rings. The highest BCUT2D eigenvalue weighted by Crippen LogP contribution is 2.24. The number of anilines is 1. The van der Waals surface area contributed by atoms with Gasteiger partial charge in [-0.25, -0.2) is 9.69 Å². The smallest absolute Gasteiger partial charge is 0.317 e. The molecule has 0 radical (unpaired) electrons. The molecule has 1 aliphatic heterocycles. The van der Waals surface area contributed by atoms with Crippen LogP contribution in [0.5, 0.6) is 0 Å². The maximum atomic E-state index is 12.9. The lowest BCUT2D eigenvalue weighted by Gasteiger charge is -2.26. The van der Waals surface area contributed by atoms with Crippen LogP contribution in [0.3, 0.4) is 0 Å². The maximum absolute atomic E-state index is 12.9. The van der Waals surface area contributed by atoms with Crippen molar-refractivity contribution in [1.82, 2.24) is 9.88 Å². The Morgan fingerprint density at radius 2 is 1.54 bits per heavy atom. The van der Waals surface area contributed by atoms with Crippen LogP contribution in [0.15, 0.2) is 78.5 Å². The summed E-state index contributed by atoms with van der Waals surface area (Å²) in [5.74, 6) is -1.43. The predicted molar refractivity (Wildman–Crippen MR) is 106 cm³/mol. The number of aromatic nitrogens is 1. The Bertz CT molecular complexity index is 1100. The van der Waals surface area contributed by atoms with Crippen LogP contribution >= 0.6 is 11.6 Å². The van der Waals surface area contributed by atoms with Crippen LogP contribution in [0.25, 0.3) is 11.8 Å². The number of amides is 4. The molecule has 138 valence electrons. The molecule has 0 atom stereocenters. The predicted octanol–water partition coefficient (Wildman–Crippen LogP) is 3.80. The van der Waals surface area contributed by atoms with Gasteiger partial charge in [0.05, 0.1) is 5.69 Å². The van der Waals surface area contributed by atoms with Gasteiger partial charge in [0, 0.05) is 22.6 Å². The second kappa shape index (κ2) is 7.17. The Hall–Kier alpha value is -3.64. The van der Waals surface area contributed by atoms with E-state index in [1.165, 1.54) is 6.08 Å². The van der Waals surface area contributed by atoms with Crippen LogP contribution in [-0.2, 0) is 9.59 Å². The van der Waals surface area contributed by atoms with Crippen molar-refractivity contribution in [2.45, 2.75) is 0 Å². The van der Waals surface area contributed by atoms with Crippen molar-refractivity contribution in [1.29, 1.82) is 0 Å². The van der Waals surface area contributed by atoms with Crippen molar-refractivity contribution in [3.8, 4) is 5.69 Å². The third kappa shape index (κ3) is 3.21. The van der Waals surface area contributed by atoms with Gasteiger partial charge >= 0.3 is 6.03 Å². The molecular formula is C21H14ClN3O3. The normalized spacial score (nSPS) is 15.8. The number of carbonyl (C=O) groups is 3. The van der Waals surface area contributed by atoms with Gasteiger partial charge in [-0.15, -0.1) is 0 Å². The number of nitrogens with zero attached hydrogens (tertiary/aromatic N) is 2. The first-order chi connectivity index (χ1) is 13.5. The van der Waals surface area contributed by atoms with Crippen molar-refractivity contribution >= 4 is 41.2 Å². The molecule has 0 saturated carbocycles. The molecule has 4 rings (SSSR count). The van der Waals surface area contributed by atoms with Crippen molar-refractivity contribution in [2.75, 3.05) is 4.90 Å². The first-order valence-electron chi connectivity index (χ1n) is 8.44. The van der Waals surface area contributed by atoms with E-state index >= 15 is 0 Å². The van der Waals surface area contributed by atoms with Crippen molar-refractivity contribution in [3.63, 3.8) is 0 Å². The minimum atomic E-state index is -0.798. The van der Waals surface area contributed by atoms with E-state index < -0.39 is 17.8 Å². The zero-order valence-electron chi connectivity index (χ0n) is 14.5. The summed E-state index contributed by atoms with van der Waals surface area (Å²) in [6, 6.07) is 18.5. The number of hydrogen-bond acceptors (Lipinski definition) is 3. The van der Waals surface area contributed by atoms with Gasteiger partial charge in [0.15, 0.2) is 0 Å². The summed E-state index contributed by atoms with van der Waals surface area (Å²) in [4.78, 5) is 38.4. The van der Waals surface area contributed by atoms with E-state index in [-0.39, 0.29) is 5.57 Å². The van der Waals surface area contributed by atoms with Crippen LogP contribution in [0, 0.1) is 0 Å². The highest BCUT2D eigenvalue weighted by atomic mass is 35.5. The number of hydrogen-bond donors (Lipinski definition) is 1. The molecule has 0 unspecified atom stereocenters. The lowest BCUT2D eigenvalue weighted by atomic mass is 10.1. The molecule has 1 aliphatic rings. The molecule has 0 aliphatic carbocycles. The van der Waals surface area contributed by atoms with Gasteiger partial charge in [-0.2, -0.15) is 0 Å². The first-order valence-corrected chi connectivity index (χ1v) is 8.82. The first kappa shape index (κ1) is 17.8. The lowest BCUT2D eigenvalue weighted by Crippen LogP contribution is -2.54. The zero-order valence-corrected chi connectivity index (χ0v) is 15.3. The van der Waals surface area contributed by atoms with E-state index in [0.29, 0.717) is 16.4 Å². The van der Waals surface area contributed by atoms with E-state index in [2.05, 4.69) is 5.32 Å². The van der Waals surface area contributed by atoms with Gasteiger partial charge in [-0.3, -0.25) is 14.9 Å². The number of para-hydroxylation sites is 1. The van der Waals surface area contributed by atoms with Gasteiger partial charge in [-0.05, 0) is 54.6 Å². The molecule has 1 aromatic heterocycles. The molecule has 1 saturated heterocycles. The van der Waals surface area contributed by atoms with E-state index in [1.54, 1.807) is 30.3 Å². The number of rotatable bonds is 3. The molecule has 2 heterocycles. The van der Waals surface area contributed by atoms with Crippen molar-refractivity contribution in [3.05, 3.63) is 89.2 Å². The van der Waals surface area contributed by atoms with E-state index in [1.807, 2.05) is 47.2 Å².